The number of rotatable bonds is 5. The first-order chi connectivity index (χ1) is 10.8. The highest BCUT2D eigenvalue weighted by atomic mass is 32.1. The van der Waals surface area contributed by atoms with Crippen LogP contribution in [-0.2, 0) is 6.54 Å². The lowest BCUT2D eigenvalue weighted by Gasteiger charge is -2.18. The van der Waals surface area contributed by atoms with E-state index in [0.717, 1.165) is 10.6 Å². The van der Waals surface area contributed by atoms with Gasteiger partial charge in [-0.1, -0.05) is 30.3 Å². The van der Waals surface area contributed by atoms with Crippen molar-refractivity contribution >= 4 is 22.4 Å². The van der Waals surface area contributed by atoms with Crippen molar-refractivity contribution in [1.29, 1.82) is 0 Å². The lowest BCUT2D eigenvalue weighted by Crippen LogP contribution is -2.35. The van der Waals surface area contributed by atoms with Crippen LogP contribution < -0.4 is 10.6 Å². The molecule has 0 saturated carbocycles. The van der Waals surface area contributed by atoms with Crippen LogP contribution >= 0.6 is 11.3 Å². The Morgan fingerprint density at radius 1 is 1.14 bits per heavy atom. The molecule has 0 fully saturated rings. The first kappa shape index (κ1) is 14.3. The van der Waals surface area contributed by atoms with Crippen LogP contribution in [-0.4, -0.2) is 21.0 Å². The van der Waals surface area contributed by atoms with Crippen LogP contribution in [0.1, 0.15) is 11.6 Å². The number of aromatic nitrogens is 3. The van der Waals surface area contributed by atoms with Gasteiger partial charge in [-0.3, -0.25) is 5.32 Å². The molecule has 3 rings (SSSR count). The average molecular weight is 313 g/mol. The van der Waals surface area contributed by atoms with Crippen molar-refractivity contribution in [2.45, 2.75) is 12.6 Å². The van der Waals surface area contributed by atoms with E-state index in [1.54, 1.807) is 17.2 Å². The lowest BCUT2D eigenvalue weighted by molar-refractivity contribution is 0.246. The van der Waals surface area contributed by atoms with Crippen LogP contribution in [0.4, 0.5) is 9.80 Å². The van der Waals surface area contributed by atoms with E-state index in [1.165, 1.54) is 11.3 Å². The highest BCUT2D eigenvalue weighted by Crippen LogP contribution is 2.17. The zero-order valence-electron chi connectivity index (χ0n) is 11.7. The predicted octanol–water partition coefficient (Wildman–Crippen LogP) is 2.90. The monoisotopic (exact) mass is 313 g/mol. The molecule has 0 spiro atoms. The summed E-state index contributed by atoms with van der Waals surface area (Å²) < 4.78 is 0. The molecule has 7 heteroatoms. The molecule has 112 valence electrons. The fourth-order valence-corrected chi connectivity index (χ4v) is 2.69. The summed E-state index contributed by atoms with van der Waals surface area (Å²) in [6.07, 6.45) is 3.24. The molecule has 3 aromatic rings. The Labute approximate surface area is 131 Å². The third-order valence-electron chi connectivity index (χ3n) is 3.08. The topological polar surface area (TPSA) is 71.8 Å². The molecule has 6 nitrogen and oxygen atoms in total. The number of hydrogen-bond donors (Lipinski definition) is 2. The van der Waals surface area contributed by atoms with Crippen LogP contribution in [0, 0.1) is 0 Å². The minimum absolute atomic E-state index is 0.214. The average Bonchev–Trinajstić information content (AvgIpc) is 3.21. The van der Waals surface area contributed by atoms with Gasteiger partial charge in [0, 0.05) is 0 Å². The molecule has 1 unspecified atom stereocenters. The summed E-state index contributed by atoms with van der Waals surface area (Å²) in [4.78, 5) is 13.7. The minimum atomic E-state index is -0.247. The predicted molar refractivity (Wildman–Crippen MR) is 85.7 cm³/mol. The van der Waals surface area contributed by atoms with Crippen molar-refractivity contribution in [1.82, 2.24) is 20.3 Å². The van der Waals surface area contributed by atoms with Gasteiger partial charge in [0.15, 0.2) is 0 Å². The Kier molecular flexibility index (Phi) is 4.45. The maximum absolute atomic E-state index is 12.2. The molecule has 2 heterocycles. The number of anilines is 1. The van der Waals surface area contributed by atoms with Crippen molar-refractivity contribution < 1.29 is 4.79 Å². The molecule has 22 heavy (non-hydrogen) atoms. The zero-order valence-corrected chi connectivity index (χ0v) is 12.5. The van der Waals surface area contributed by atoms with Crippen molar-refractivity contribution in [2.75, 3.05) is 5.32 Å². The van der Waals surface area contributed by atoms with Gasteiger partial charge in [-0.15, -0.1) is 11.3 Å². The van der Waals surface area contributed by atoms with Gasteiger partial charge in [0.1, 0.15) is 0 Å². The minimum Gasteiger partial charge on any atom is -0.329 e. The second-order valence-corrected chi connectivity index (χ2v) is 5.57. The van der Waals surface area contributed by atoms with Gasteiger partial charge in [0.2, 0.25) is 0 Å². The summed E-state index contributed by atoms with van der Waals surface area (Å²) >= 11 is 1.48. The maximum atomic E-state index is 12.2. The molecule has 0 aliphatic heterocycles. The van der Waals surface area contributed by atoms with E-state index in [1.807, 2.05) is 47.8 Å². The number of hydrogen-bond acceptors (Lipinski definition) is 4. The number of nitrogens with zero attached hydrogens (tertiary/aromatic N) is 3. The van der Waals surface area contributed by atoms with Crippen LogP contribution in [0.25, 0.3) is 0 Å². The van der Waals surface area contributed by atoms with Crippen molar-refractivity contribution in [3.8, 4) is 0 Å². The van der Waals surface area contributed by atoms with E-state index in [-0.39, 0.29) is 12.1 Å². The third-order valence-corrected chi connectivity index (χ3v) is 3.86. The van der Waals surface area contributed by atoms with E-state index in [9.17, 15) is 4.79 Å². The van der Waals surface area contributed by atoms with Crippen molar-refractivity contribution in [3.63, 3.8) is 0 Å². The fraction of sp³-hybridized carbons (Fsp3) is 0.133. The normalized spacial score (nSPS) is 11.8. The molecule has 2 aromatic heterocycles. The highest BCUT2D eigenvalue weighted by Gasteiger charge is 2.16. The first-order valence-electron chi connectivity index (χ1n) is 6.81. The number of urea groups is 1. The van der Waals surface area contributed by atoms with Gasteiger partial charge < -0.3 is 5.32 Å². The molecule has 2 N–H and O–H groups in total. The number of amides is 2. The first-order valence-corrected chi connectivity index (χ1v) is 7.69. The maximum Gasteiger partial charge on any atom is 0.320 e. The third kappa shape index (κ3) is 3.70. The fourth-order valence-electron chi connectivity index (χ4n) is 2.08. The molecule has 1 aromatic carbocycles. The summed E-state index contributed by atoms with van der Waals surface area (Å²) in [5, 5.41) is 16.7. The van der Waals surface area contributed by atoms with Crippen LogP contribution in [0.3, 0.4) is 0 Å². The second-order valence-electron chi connectivity index (χ2n) is 4.62. The van der Waals surface area contributed by atoms with Gasteiger partial charge in [-0.2, -0.15) is 15.0 Å². The highest BCUT2D eigenvalue weighted by molar-refractivity contribution is 7.14. The summed E-state index contributed by atoms with van der Waals surface area (Å²) in [7, 11) is 0. The Hall–Kier alpha value is -2.67. The largest absolute Gasteiger partial charge is 0.329 e. The molecule has 0 aliphatic rings. The van der Waals surface area contributed by atoms with E-state index in [4.69, 9.17) is 0 Å². The Morgan fingerprint density at radius 2 is 1.91 bits per heavy atom. The Bertz CT molecular complexity index is 697. The van der Waals surface area contributed by atoms with Gasteiger partial charge >= 0.3 is 6.03 Å². The van der Waals surface area contributed by atoms with Gasteiger partial charge in [0.05, 0.1) is 30.0 Å². The summed E-state index contributed by atoms with van der Waals surface area (Å²) in [5.74, 6) is 0. The molecule has 0 bridgehead atoms. The quantitative estimate of drug-likeness (QED) is 0.761. The second kappa shape index (κ2) is 6.86. The summed E-state index contributed by atoms with van der Waals surface area (Å²) in [6, 6.07) is 13.1. The lowest BCUT2D eigenvalue weighted by atomic mass is 10.1. The van der Waals surface area contributed by atoms with Crippen LogP contribution in [0.2, 0.25) is 0 Å². The van der Waals surface area contributed by atoms with Crippen LogP contribution in [0.5, 0.6) is 0 Å². The molecular formula is C15H15N5OS. The van der Waals surface area contributed by atoms with Gasteiger partial charge in [-0.25, -0.2) is 4.79 Å². The molecular weight excluding hydrogens is 298 g/mol. The Balaban J connectivity index is 1.72. The van der Waals surface area contributed by atoms with Crippen LogP contribution in [0.15, 0.2) is 60.2 Å². The number of carbonyl (C=O) groups is 1. The molecule has 2 amide bonds. The summed E-state index contributed by atoms with van der Waals surface area (Å²) in [5.41, 5.74) is 1.00. The van der Waals surface area contributed by atoms with E-state index < -0.39 is 0 Å². The smallest absolute Gasteiger partial charge is 0.320 e. The van der Waals surface area contributed by atoms with Gasteiger partial charge in [-0.05, 0) is 23.1 Å². The number of thiophene rings is 1. The van der Waals surface area contributed by atoms with Gasteiger partial charge in [0.25, 0.3) is 0 Å². The number of nitrogens with one attached hydrogen (secondary N) is 2. The zero-order chi connectivity index (χ0) is 15.2. The van der Waals surface area contributed by atoms with Crippen molar-refractivity contribution in [3.05, 3.63) is 65.8 Å². The van der Waals surface area contributed by atoms with E-state index >= 15 is 0 Å². The summed E-state index contributed by atoms with van der Waals surface area (Å²) in [6.45, 7) is 0.467. The SMILES string of the molecule is O=C(Nc1cccs1)NC(Cn1nccn1)c1ccccc1. The standard InChI is InChI=1S/C15H15N5OS/c21-15(19-14-7-4-10-22-14)18-13(11-20-16-8-9-17-20)12-5-2-1-3-6-12/h1-10,13H,11H2,(H2,18,19,21). The molecule has 0 saturated heterocycles. The molecule has 0 aliphatic carbocycles. The molecule has 0 radical (unpaired) electrons. The van der Waals surface area contributed by atoms with E-state index in [0.29, 0.717) is 6.54 Å². The Morgan fingerprint density at radius 3 is 2.59 bits per heavy atom. The molecule has 1 atom stereocenters. The number of carbonyl (C=O) groups excluding carboxylic acids is 1. The van der Waals surface area contributed by atoms with E-state index in [2.05, 4.69) is 20.8 Å². The van der Waals surface area contributed by atoms with Crippen molar-refractivity contribution in [2.24, 2.45) is 0 Å². The number of benzene rings is 1.